The third-order valence-electron chi connectivity index (χ3n) is 6.06. The minimum Gasteiger partial charge on any atom is -0.479 e. The zero-order valence-corrected chi connectivity index (χ0v) is 20.9. The highest BCUT2D eigenvalue weighted by Gasteiger charge is 2.32. The summed E-state index contributed by atoms with van der Waals surface area (Å²) < 4.78 is 36.8. The number of fused-ring (bicyclic) bond motifs is 1. The second-order valence-corrected chi connectivity index (χ2v) is 10.8. The summed E-state index contributed by atoms with van der Waals surface area (Å²) in [6, 6.07) is 10.9. The van der Waals surface area contributed by atoms with Gasteiger partial charge in [-0.15, -0.1) is 0 Å². The van der Waals surface area contributed by atoms with Crippen molar-refractivity contribution in [1.29, 1.82) is 0 Å². The molecule has 0 radical (unpaired) electrons. The number of ether oxygens (including phenoxy) is 2. The van der Waals surface area contributed by atoms with E-state index in [1.165, 1.54) is 38.4 Å². The first-order valence-corrected chi connectivity index (χ1v) is 12.9. The van der Waals surface area contributed by atoms with E-state index in [0.717, 1.165) is 17.4 Å². The first-order valence-electron chi connectivity index (χ1n) is 11.4. The van der Waals surface area contributed by atoms with Gasteiger partial charge < -0.3 is 19.7 Å². The number of hydrogen-bond acceptors (Lipinski definition) is 7. The molecule has 0 aliphatic carbocycles. The van der Waals surface area contributed by atoms with Crippen molar-refractivity contribution in [2.45, 2.75) is 17.9 Å². The summed E-state index contributed by atoms with van der Waals surface area (Å²) in [4.78, 5) is 29.8. The summed E-state index contributed by atoms with van der Waals surface area (Å²) in [6.45, 7) is 5.95. The highest BCUT2D eigenvalue weighted by Crippen LogP contribution is 2.36. The number of benzene rings is 2. The van der Waals surface area contributed by atoms with E-state index in [2.05, 4.69) is 10.2 Å². The molecule has 188 valence electrons. The quantitative estimate of drug-likeness (QED) is 0.613. The number of morpholine rings is 1. The van der Waals surface area contributed by atoms with Crippen LogP contribution in [0.5, 0.6) is 5.75 Å². The number of nitrogens with one attached hydrogen (secondary N) is 1. The van der Waals surface area contributed by atoms with Crippen molar-refractivity contribution in [3.05, 3.63) is 48.0 Å². The molecule has 0 saturated carbocycles. The van der Waals surface area contributed by atoms with Gasteiger partial charge in [-0.25, -0.2) is 12.7 Å². The molecule has 35 heavy (non-hydrogen) atoms. The standard InChI is InChI=1S/C24H30N4O6S/c1-17-24(30)28(11-10-27-12-14-33-15-13-27)21-16-19(6-9-22(21)34-17)25-23(29)18-4-7-20(8-5-18)35(31,32)26(2)3/h4-9,16-17H,10-15H2,1-3H3,(H,25,29). The van der Waals surface area contributed by atoms with Crippen molar-refractivity contribution in [3.63, 3.8) is 0 Å². The van der Waals surface area contributed by atoms with Crippen molar-refractivity contribution < 1.29 is 27.5 Å². The predicted octanol–water partition coefficient (Wildman–Crippen LogP) is 1.64. The van der Waals surface area contributed by atoms with Crippen LogP contribution in [0, 0.1) is 0 Å². The molecule has 0 aromatic heterocycles. The molecule has 0 bridgehead atoms. The summed E-state index contributed by atoms with van der Waals surface area (Å²) >= 11 is 0. The van der Waals surface area contributed by atoms with E-state index < -0.39 is 22.0 Å². The molecule has 4 rings (SSSR count). The van der Waals surface area contributed by atoms with Crippen LogP contribution >= 0.6 is 0 Å². The molecule has 2 aromatic rings. The molecule has 10 nitrogen and oxygen atoms in total. The number of sulfonamides is 1. The first-order chi connectivity index (χ1) is 16.7. The Bertz CT molecular complexity index is 1190. The Morgan fingerprint density at radius 3 is 2.43 bits per heavy atom. The Balaban J connectivity index is 1.50. The van der Waals surface area contributed by atoms with Crippen LogP contribution in [-0.4, -0.2) is 89.0 Å². The summed E-state index contributed by atoms with van der Waals surface area (Å²) in [5.74, 6) is 0.0530. The molecule has 2 aliphatic rings. The Morgan fingerprint density at radius 2 is 1.77 bits per heavy atom. The highest BCUT2D eigenvalue weighted by atomic mass is 32.2. The molecule has 1 atom stereocenters. The van der Waals surface area contributed by atoms with Crippen LogP contribution in [-0.2, 0) is 19.6 Å². The van der Waals surface area contributed by atoms with Crippen molar-refractivity contribution in [1.82, 2.24) is 9.21 Å². The van der Waals surface area contributed by atoms with Gasteiger partial charge >= 0.3 is 0 Å². The second kappa shape index (κ2) is 10.3. The lowest BCUT2D eigenvalue weighted by molar-refractivity contribution is -0.125. The number of amides is 2. The largest absolute Gasteiger partial charge is 0.479 e. The maximum Gasteiger partial charge on any atom is 0.267 e. The fourth-order valence-electron chi connectivity index (χ4n) is 3.97. The van der Waals surface area contributed by atoms with Crippen LogP contribution in [0.1, 0.15) is 17.3 Å². The molecule has 2 heterocycles. The Labute approximate surface area is 205 Å². The number of hydrogen-bond donors (Lipinski definition) is 1. The van der Waals surface area contributed by atoms with Gasteiger partial charge in [-0.1, -0.05) is 0 Å². The Kier molecular flexibility index (Phi) is 7.41. The van der Waals surface area contributed by atoms with Gasteiger partial charge in [-0.05, 0) is 49.4 Å². The summed E-state index contributed by atoms with van der Waals surface area (Å²) in [7, 11) is -0.679. The van der Waals surface area contributed by atoms with E-state index in [0.29, 0.717) is 49.0 Å². The SMILES string of the molecule is CC1Oc2ccc(NC(=O)c3ccc(S(=O)(=O)N(C)C)cc3)cc2N(CCN2CCOCC2)C1=O. The maximum absolute atomic E-state index is 12.9. The lowest BCUT2D eigenvalue weighted by Crippen LogP contribution is -2.48. The molecule has 2 aliphatic heterocycles. The van der Waals surface area contributed by atoms with Crippen molar-refractivity contribution >= 4 is 33.2 Å². The van der Waals surface area contributed by atoms with E-state index in [4.69, 9.17) is 9.47 Å². The molecule has 11 heteroatoms. The zero-order valence-electron chi connectivity index (χ0n) is 20.1. The van der Waals surface area contributed by atoms with Gasteiger partial charge in [0.05, 0.1) is 23.8 Å². The molecule has 2 aromatic carbocycles. The Morgan fingerprint density at radius 1 is 1.09 bits per heavy atom. The molecule has 0 spiro atoms. The van der Waals surface area contributed by atoms with Crippen LogP contribution in [0.3, 0.4) is 0 Å². The fraction of sp³-hybridized carbons (Fsp3) is 0.417. The minimum atomic E-state index is -3.58. The summed E-state index contributed by atoms with van der Waals surface area (Å²) in [5, 5.41) is 2.82. The van der Waals surface area contributed by atoms with E-state index in [1.54, 1.807) is 30.0 Å². The molecule has 1 fully saturated rings. The second-order valence-electron chi connectivity index (χ2n) is 8.65. The highest BCUT2D eigenvalue weighted by molar-refractivity contribution is 7.89. The number of nitrogens with zero attached hydrogens (tertiary/aromatic N) is 3. The zero-order chi connectivity index (χ0) is 25.2. The normalized spacial score (nSPS) is 18.8. The molecule has 2 amide bonds. The van der Waals surface area contributed by atoms with Gasteiger partial charge in [0, 0.05) is 51.5 Å². The molecular weight excluding hydrogens is 472 g/mol. The van der Waals surface area contributed by atoms with Gasteiger partial charge in [0.1, 0.15) is 5.75 Å². The number of carbonyl (C=O) groups is 2. The van der Waals surface area contributed by atoms with Gasteiger partial charge in [0.2, 0.25) is 10.0 Å². The average Bonchev–Trinajstić information content (AvgIpc) is 2.85. The third kappa shape index (κ3) is 5.48. The predicted molar refractivity (Wildman–Crippen MR) is 131 cm³/mol. The lowest BCUT2D eigenvalue weighted by atomic mass is 10.1. The lowest BCUT2D eigenvalue weighted by Gasteiger charge is -2.35. The van der Waals surface area contributed by atoms with Crippen LogP contribution in [0.4, 0.5) is 11.4 Å². The monoisotopic (exact) mass is 502 g/mol. The van der Waals surface area contributed by atoms with Gasteiger partial charge in [-0.3, -0.25) is 14.5 Å². The summed E-state index contributed by atoms with van der Waals surface area (Å²) in [6.07, 6.45) is -0.593. The first kappa shape index (κ1) is 25.1. The van der Waals surface area contributed by atoms with Gasteiger partial charge in [0.15, 0.2) is 6.10 Å². The van der Waals surface area contributed by atoms with E-state index in [1.807, 2.05) is 0 Å². The molecule has 1 N–H and O–H groups in total. The number of rotatable bonds is 7. The number of anilines is 2. The van der Waals surface area contributed by atoms with Gasteiger partial charge in [-0.2, -0.15) is 0 Å². The van der Waals surface area contributed by atoms with Crippen molar-refractivity contribution in [2.75, 3.05) is 63.7 Å². The minimum absolute atomic E-state index is 0.105. The molecular formula is C24H30N4O6S. The van der Waals surface area contributed by atoms with Crippen molar-refractivity contribution in [3.8, 4) is 5.75 Å². The maximum atomic E-state index is 12.9. The molecule has 1 unspecified atom stereocenters. The third-order valence-corrected chi connectivity index (χ3v) is 7.89. The van der Waals surface area contributed by atoms with Crippen LogP contribution in [0.2, 0.25) is 0 Å². The van der Waals surface area contributed by atoms with Crippen LogP contribution in [0.25, 0.3) is 0 Å². The van der Waals surface area contributed by atoms with E-state index in [-0.39, 0.29) is 10.8 Å². The number of carbonyl (C=O) groups excluding carboxylic acids is 2. The summed E-state index contributed by atoms with van der Waals surface area (Å²) in [5.41, 5.74) is 1.41. The van der Waals surface area contributed by atoms with E-state index in [9.17, 15) is 18.0 Å². The van der Waals surface area contributed by atoms with Crippen molar-refractivity contribution in [2.24, 2.45) is 0 Å². The smallest absolute Gasteiger partial charge is 0.267 e. The fourth-order valence-corrected chi connectivity index (χ4v) is 4.88. The Hall–Kier alpha value is -2.99. The van der Waals surface area contributed by atoms with Gasteiger partial charge in [0.25, 0.3) is 11.8 Å². The average molecular weight is 503 g/mol. The molecule has 1 saturated heterocycles. The van der Waals surface area contributed by atoms with E-state index >= 15 is 0 Å². The van der Waals surface area contributed by atoms with Crippen LogP contribution < -0.4 is 15.0 Å². The van der Waals surface area contributed by atoms with Crippen LogP contribution in [0.15, 0.2) is 47.4 Å². The topological polar surface area (TPSA) is 108 Å².